The third-order valence-electron chi connectivity index (χ3n) is 1.76. The van der Waals surface area contributed by atoms with Gasteiger partial charge in [-0.1, -0.05) is 0 Å². The van der Waals surface area contributed by atoms with E-state index in [4.69, 9.17) is 0 Å². The van der Waals surface area contributed by atoms with E-state index in [1.165, 1.54) is 0 Å². The van der Waals surface area contributed by atoms with Crippen LogP contribution < -0.4 is 4.74 Å². The van der Waals surface area contributed by atoms with Crippen LogP contribution in [0.1, 0.15) is 11.1 Å². The summed E-state index contributed by atoms with van der Waals surface area (Å²) in [5.41, 5.74) is 1.97. The highest BCUT2D eigenvalue weighted by molar-refractivity contribution is 9.10. The molecular weight excluding hydrogens is 242 g/mol. The molecule has 1 aromatic carbocycles. The molecule has 0 heterocycles. The summed E-state index contributed by atoms with van der Waals surface area (Å²) in [7, 11) is 0. The summed E-state index contributed by atoms with van der Waals surface area (Å²) in [6, 6.07) is 3.35. The van der Waals surface area contributed by atoms with Gasteiger partial charge >= 0.3 is 6.61 Å². The van der Waals surface area contributed by atoms with Gasteiger partial charge in [-0.2, -0.15) is 8.78 Å². The van der Waals surface area contributed by atoms with Crippen LogP contribution in [0.25, 0.3) is 0 Å². The van der Waals surface area contributed by atoms with Crippen molar-refractivity contribution in [2.24, 2.45) is 0 Å². The van der Waals surface area contributed by atoms with Crippen molar-refractivity contribution in [1.29, 1.82) is 0 Å². The molecule has 1 aromatic rings. The maximum atomic E-state index is 11.9. The number of rotatable bonds is 2. The van der Waals surface area contributed by atoms with Crippen LogP contribution in [0.3, 0.4) is 0 Å². The summed E-state index contributed by atoms with van der Waals surface area (Å²) < 4.78 is 28.6. The zero-order valence-electron chi connectivity index (χ0n) is 7.27. The molecule has 0 N–H and O–H groups in total. The fourth-order valence-corrected chi connectivity index (χ4v) is 1.49. The van der Waals surface area contributed by atoms with Crippen LogP contribution in [0.15, 0.2) is 16.6 Å². The molecule has 13 heavy (non-hydrogen) atoms. The van der Waals surface area contributed by atoms with Gasteiger partial charge in [-0.3, -0.25) is 0 Å². The van der Waals surface area contributed by atoms with Gasteiger partial charge in [-0.15, -0.1) is 0 Å². The Morgan fingerprint density at radius 2 is 1.77 bits per heavy atom. The van der Waals surface area contributed by atoms with Crippen LogP contribution in [0, 0.1) is 13.8 Å². The van der Waals surface area contributed by atoms with Crippen molar-refractivity contribution in [2.45, 2.75) is 20.5 Å². The Labute approximate surface area is 83.8 Å². The molecule has 0 saturated carbocycles. The number of aryl methyl sites for hydroxylation is 2. The summed E-state index contributed by atoms with van der Waals surface area (Å²) in [6.45, 7) is 0.977. The SMILES string of the molecule is Cc1cc(Br)c(OC(F)F)cc1C. The number of hydrogen-bond donors (Lipinski definition) is 0. The van der Waals surface area contributed by atoms with E-state index in [0.29, 0.717) is 4.47 Å². The number of alkyl halides is 2. The Morgan fingerprint density at radius 1 is 1.23 bits per heavy atom. The van der Waals surface area contributed by atoms with Crippen molar-refractivity contribution in [3.05, 3.63) is 27.7 Å². The minimum absolute atomic E-state index is 0.179. The van der Waals surface area contributed by atoms with Gasteiger partial charge in [0, 0.05) is 0 Å². The summed E-state index contributed by atoms with van der Waals surface area (Å²) in [6.07, 6.45) is 0. The second-order valence-corrected chi connectivity index (χ2v) is 3.60. The largest absolute Gasteiger partial charge is 0.434 e. The van der Waals surface area contributed by atoms with Crippen LogP contribution in [0.4, 0.5) is 8.78 Å². The van der Waals surface area contributed by atoms with Crippen molar-refractivity contribution in [3.63, 3.8) is 0 Å². The number of hydrogen-bond acceptors (Lipinski definition) is 1. The Balaban J connectivity index is 3.01. The fraction of sp³-hybridized carbons (Fsp3) is 0.333. The third kappa shape index (κ3) is 2.66. The van der Waals surface area contributed by atoms with E-state index in [0.717, 1.165) is 11.1 Å². The molecule has 0 radical (unpaired) electrons. The maximum Gasteiger partial charge on any atom is 0.387 e. The van der Waals surface area contributed by atoms with Crippen molar-refractivity contribution in [1.82, 2.24) is 0 Å². The number of halogens is 3. The molecule has 0 fully saturated rings. The van der Waals surface area contributed by atoms with E-state index < -0.39 is 6.61 Å². The van der Waals surface area contributed by atoms with Gasteiger partial charge in [0.15, 0.2) is 0 Å². The van der Waals surface area contributed by atoms with Crippen molar-refractivity contribution in [2.75, 3.05) is 0 Å². The van der Waals surface area contributed by atoms with E-state index in [-0.39, 0.29) is 5.75 Å². The first kappa shape index (κ1) is 10.4. The Morgan fingerprint density at radius 3 is 2.31 bits per heavy atom. The van der Waals surface area contributed by atoms with Crippen molar-refractivity contribution >= 4 is 15.9 Å². The van der Waals surface area contributed by atoms with Gasteiger partial charge in [0.05, 0.1) is 4.47 Å². The predicted octanol–water partition coefficient (Wildman–Crippen LogP) is 3.67. The third-order valence-corrected chi connectivity index (χ3v) is 2.38. The summed E-state index contributed by atoms with van der Waals surface area (Å²) in [4.78, 5) is 0. The molecule has 0 saturated heterocycles. The fourth-order valence-electron chi connectivity index (χ4n) is 0.941. The van der Waals surface area contributed by atoms with Crippen LogP contribution in [-0.2, 0) is 0 Å². The van der Waals surface area contributed by atoms with E-state index in [1.54, 1.807) is 12.1 Å². The van der Waals surface area contributed by atoms with Crippen LogP contribution in [0.5, 0.6) is 5.75 Å². The average Bonchev–Trinajstić information content (AvgIpc) is 1.99. The smallest absolute Gasteiger partial charge is 0.387 e. The minimum Gasteiger partial charge on any atom is -0.434 e. The second-order valence-electron chi connectivity index (χ2n) is 2.75. The molecule has 0 aliphatic heterocycles. The van der Waals surface area contributed by atoms with Crippen LogP contribution in [0.2, 0.25) is 0 Å². The van der Waals surface area contributed by atoms with E-state index in [2.05, 4.69) is 20.7 Å². The van der Waals surface area contributed by atoms with Crippen LogP contribution >= 0.6 is 15.9 Å². The molecule has 0 aliphatic rings. The highest BCUT2D eigenvalue weighted by Gasteiger charge is 2.09. The van der Waals surface area contributed by atoms with E-state index in [9.17, 15) is 8.78 Å². The van der Waals surface area contributed by atoms with Gasteiger partial charge in [0.2, 0.25) is 0 Å². The lowest BCUT2D eigenvalue weighted by Crippen LogP contribution is -2.03. The summed E-state index contributed by atoms with van der Waals surface area (Å²) in [5.74, 6) is 0.179. The molecule has 0 aliphatic carbocycles. The monoisotopic (exact) mass is 250 g/mol. The molecule has 72 valence electrons. The first-order valence-corrected chi connectivity index (χ1v) is 4.51. The lowest BCUT2D eigenvalue weighted by Gasteiger charge is -2.09. The van der Waals surface area contributed by atoms with Gasteiger partial charge in [0.25, 0.3) is 0 Å². The molecule has 0 unspecified atom stereocenters. The second kappa shape index (κ2) is 4.05. The topological polar surface area (TPSA) is 9.23 Å². The minimum atomic E-state index is -2.78. The van der Waals surface area contributed by atoms with Gasteiger partial charge in [0.1, 0.15) is 5.75 Å². The Hall–Kier alpha value is -0.640. The first-order valence-electron chi connectivity index (χ1n) is 3.72. The summed E-state index contributed by atoms with van der Waals surface area (Å²) >= 11 is 3.15. The predicted molar refractivity (Wildman–Crippen MR) is 50.2 cm³/mol. The zero-order chi connectivity index (χ0) is 10.0. The average molecular weight is 251 g/mol. The maximum absolute atomic E-state index is 11.9. The molecule has 0 amide bonds. The van der Waals surface area contributed by atoms with Crippen molar-refractivity contribution in [3.8, 4) is 5.75 Å². The normalized spacial score (nSPS) is 10.6. The van der Waals surface area contributed by atoms with Gasteiger partial charge in [-0.05, 0) is 53.0 Å². The van der Waals surface area contributed by atoms with Crippen LogP contribution in [-0.4, -0.2) is 6.61 Å². The molecular formula is C9H9BrF2O. The highest BCUT2D eigenvalue weighted by atomic mass is 79.9. The Kier molecular flexibility index (Phi) is 3.25. The molecule has 0 aromatic heterocycles. The van der Waals surface area contributed by atoms with Crippen molar-refractivity contribution < 1.29 is 13.5 Å². The Bertz CT molecular complexity index is 313. The standard InChI is InChI=1S/C9H9BrF2O/c1-5-3-7(10)8(4-6(5)2)13-9(11)12/h3-4,9H,1-2H3. The quantitative estimate of drug-likeness (QED) is 0.779. The lowest BCUT2D eigenvalue weighted by atomic mass is 10.1. The molecule has 1 nitrogen and oxygen atoms in total. The number of ether oxygens (including phenoxy) is 1. The lowest BCUT2D eigenvalue weighted by molar-refractivity contribution is -0.0503. The molecule has 0 bridgehead atoms. The van der Waals surface area contributed by atoms with Gasteiger partial charge < -0.3 is 4.74 Å². The highest BCUT2D eigenvalue weighted by Crippen LogP contribution is 2.29. The molecule has 0 atom stereocenters. The molecule has 0 spiro atoms. The van der Waals surface area contributed by atoms with Gasteiger partial charge in [-0.25, -0.2) is 0 Å². The molecule has 4 heteroatoms. The molecule has 1 rings (SSSR count). The van der Waals surface area contributed by atoms with E-state index >= 15 is 0 Å². The number of benzene rings is 1. The summed E-state index contributed by atoms with van der Waals surface area (Å²) in [5, 5.41) is 0. The zero-order valence-corrected chi connectivity index (χ0v) is 8.86. The van der Waals surface area contributed by atoms with E-state index in [1.807, 2.05) is 13.8 Å². The first-order chi connectivity index (χ1) is 6.00.